The van der Waals surface area contributed by atoms with Crippen molar-refractivity contribution in [3.63, 3.8) is 0 Å². The topological polar surface area (TPSA) is 51.0 Å². The van der Waals surface area contributed by atoms with Gasteiger partial charge in [-0.15, -0.1) is 0 Å². The highest BCUT2D eigenvalue weighted by Gasteiger charge is 2.31. The smallest absolute Gasteiger partial charge is 0.191 e. The number of rotatable bonds is 3. The van der Waals surface area contributed by atoms with Crippen molar-refractivity contribution in [3.8, 4) is 11.3 Å². The first-order valence-corrected chi connectivity index (χ1v) is 5.48. The zero-order valence-corrected chi connectivity index (χ0v) is 9.10. The third-order valence-corrected chi connectivity index (χ3v) is 2.86. The maximum atomic E-state index is 5.42. The first-order chi connectivity index (χ1) is 7.90. The molecule has 2 aromatic rings. The molecule has 0 aliphatic heterocycles. The van der Waals surface area contributed by atoms with Crippen LogP contribution in [0.15, 0.2) is 29.0 Å². The van der Waals surface area contributed by atoms with Crippen molar-refractivity contribution in [3.05, 3.63) is 30.2 Å². The lowest BCUT2D eigenvalue weighted by Gasteiger charge is -2.01. The number of hydrogen-bond donors (Lipinski definition) is 1. The fraction of sp³-hybridized carbons (Fsp3) is 0.333. The molecule has 0 radical (unpaired) electrons. The standard InChI is InChI=1S/C12H13N3O/c1-13-11-10(8-4-5-8)15-16-12(11)9-3-2-6-14-7-9/h2-3,6-8,13H,4-5H2,1H3. The van der Waals surface area contributed by atoms with E-state index in [0.29, 0.717) is 5.92 Å². The Morgan fingerprint density at radius 2 is 2.31 bits per heavy atom. The molecule has 4 nitrogen and oxygen atoms in total. The van der Waals surface area contributed by atoms with Crippen molar-refractivity contribution < 1.29 is 4.52 Å². The van der Waals surface area contributed by atoms with Crippen LogP contribution >= 0.6 is 0 Å². The molecule has 2 heterocycles. The fourth-order valence-electron chi connectivity index (χ4n) is 1.87. The van der Waals surface area contributed by atoms with Crippen molar-refractivity contribution >= 4 is 5.69 Å². The van der Waals surface area contributed by atoms with Gasteiger partial charge in [0, 0.05) is 30.9 Å². The molecular formula is C12H13N3O. The second-order valence-corrected chi connectivity index (χ2v) is 4.04. The van der Waals surface area contributed by atoms with Crippen LogP contribution in [0.1, 0.15) is 24.5 Å². The van der Waals surface area contributed by atoms with E-state index in [1.54, 1.807) is 12.4 Å². The van der Waals surface area contributed by atoms with Crippen LogP contribution in [0.25, 0.3) is 11.3 Å². The van der Waals surface area contributed by atoms with Crippen molar-refractivity contribution in [1.82, 2.24) is 10.1 Å². The summed E-state index contributed by atoms with van der Waals surface area (Å²) in [7, 11) is 1.90. The van der Waals surface area contributed by atoms with Gasteiger partial charge in [0.2, 0.25) is 0 Å². The largest absolute Gasteiger partial charge is 0.383 e. The van der Waals surface area contributed by atoms with Gasteiger partial charge in [-0.3, -0.25) is 4.98 Å². The summed E-state index contributed by atoms with van der Waals surface area (Å²) in [5, 5.41) is 7.34. The molecule has 0 bridgehead atoms. The molecule has 0 amide bonds. The van der Waals surface area contributed by atoms with Gasteiger partial charge in [0.25, 0.3) is 0 Å². The van der Waals surface area contributed by atoms with Gasteiger partial charge in [-0.25, -0.2) is 0 Å². The third-order valence-electron chi connectivity index (χ3n) is 2.86. The summed E-state index contributed by atoms with van der Waals surface area (Å²) in [6.07, 6.45) is 5.97. The van der Waals surface area contributed by atoms with Gasteiger partial charge in [0.15, 0.2) is 5.76 Å². The molecule has 4 heteroatoms. The van der Waals surface area contributed by atoms with Gasteiger partial charge in [-0.1, -0.05) is 5.16 Å². The molecule has 1 aliphatic rings. The Kier molecular flexibility index (Phi) is 2.13. The lowest BCUT2D eigenvalue weighted by atomic mass is 10.1. The zero-order valence-electron chi connectivity index (χ0n) is 9.10. The van der Waals surface area contributed by atoms with Crippen LogP contribution in [0.2, 0.25) is 0 Å². The Labute approximate surface area is 93.7 Å². The van der Waals surface area contributed by atoms with E-state index in [4.69, 9.17) is 4.52 Å². The second-order valence-electron chi connectivity index (χ2n) is 4.04. The Balaban J connectivity index is 2.07. The highest BCUT2D eigenvalue weighted by atomic mass is 16.5. The average Bonchev–Trinajstić information content (AvgIpc) is 3.09. The van der Waals surface area contributed by atoms with Gasteiger partial charge in [0.05, 0.1) is 0 Å². The molecular weight excluding hydrogens is 202 g/mol. The molecule has 1 saturated carbocycles. The van der Waals surface area contributed by atoms with Crippen molar-refractivity contribution in [2.45, 2.75) is 18.8 Å². The summed E-state index contributed by atoms with van der Waals surface area (Å²) >= 11 is 0. The van der Waals surface area contributed by atoms with Crippen LogP contribution in [-0.2, 0) is 0 Å². The molecule has 2 aromatic heterocycles. The Morgan fingerprint density at radius 3 is 2.94 bits per heavy atom. The molecule has 0 spiro atoms. The highest BCUT2D eigenvalue weighted by molar-refractivity contribution is 5.74. The van der Waals surface area contributed by atoms with Gasteiger partial charge < -0.3 is 9.84 Å². The first-order valence-electron chi connectivity index (χ1n) is 5.48. The SMILES string of the molecule is CNc1c(C2CC2)noc1-c1cccnc1. The molecule has 3 rings (SSSR count). The van der Waals surface area contributed by atoms with E-state index in [1.165, 1.54) is 12.8 Å². The minimum Gasteiger partial charge on any atom is -0.383 e. The molecule has 0 saturated heterocycles. The quantitative estimate of drug-likeness (QED) is 0.855. The van der Waals surface area contributed by atoms with Gasteiger partial charge >= 0.3 is 0 Å². The van der Waals surface area contributed by atoms with E-state index >= 15 is 0 Å². The van der Waals surface area contributed by atoms with Crippen LogP contribution in [0.3, 0.4) is 0 Å². The predicted molar refractivity (Wildman–Crippen MR) is 61.3 cm³/mol. The minimum atomic E-state index is 0.580. The highest BCUT2D eigenvalue weighted by Crippen LogP contribution is 2.45. The van der Waals surface area contributed by atoms with Crippen LogP contribution in [0.4, 0.5) is 5.69 Å². The molecule has 0 aromatic carbocycles. The van der Waals surface area contributed by atoms with Gasteiger partial charge in [0.1, 0.15) is 11.4 Å². The Bertz CT molecular complexity index is 488. The number of nitrogens with zero attached hydrogens (tertiary/aromatic N) is 2. The maximum absolute atomic E-state index is 5.42. The minimum absolute atomic E-state index is 0.580. The van der Waals surface area contributed by atoms with E-state index in [9.17, 15) is 0 Å². The van der Waals surface area contributed by atoms with Crippen LogP contribution in [-0.4, -0.2) is 17.2 Å². The van der Waals surface area contributed by atoms with E-state index in [0.717, 1.165) is 22.7 Å². The van der Waals surface area contributed by atoms with E-state index < -0.39 is 0 Å². The molecule has 1 aliphatic carbocycles. The van der Waals surface area contributed by atoms with Crippen molar-refractivity contribution in [2.75, 3.05) is 12.4 Å². The monoisotopic (exact) mass is 215 g/mol. The summed E-state index contributed by atoms with van der Waals surface area (Å²) in [6, 6.07) is 3.87. The first kappa shape index (κ1) is 9.39. The fourth-order valence-corrected chi connectivity index (χ4v) is 1.87. The average molecular weight is 215 g/mol. The molecule has 82 valence electrons. The molecule has 16 heavy (non-hydrogen) atoms. The third kappa shape index (κ3) is 1.46. The Morgan fingerprint density at radius 1 is 1.44 bits per heavy atom. The number of nitrogens with one attached hydrogen (secondary N) is 1. The number of anilines is 1. The number of aromatic nitrogens is 2. The van der Waals surface area contributed by atoms with E-state index in [1.807, 2.05) is 19.2 Å². The normalized spacial score (nSPS) is 15.1. The van der Waals surface area contributed by atoms with Crippen LogP contribution in [0.5, 0.6) is 0 Å². The van der Waals surface area contributed by atoms with E-state index in [2.05, 4.69) is 15.5 Å². The lowest BCUT2D eigenvalue weighted by molar-refractivity contribution is 0.424. The maximum Gasteiger partial charge on any atom is 0.191 e. The van der Waals surface area contributed by atoms with Crippen molar-refractivity contribution in [1.29, 1.82) is 0 Å². The summed E-state index contributed by atoms with van der Waals surface area (Å²) in [5.41, 5.74) is 3.03. The van der Waals surface area contributed by atoms with Crippen LogP contribution in [0, 0.1) is 0 Å². The molecule has 0 atom stereocenters. The zero-order chi connectivity index (χ0) is 11.0. The molecule has 0 unspecified atom stereocenters. The van der Waals surface area contributed by atoms with Crippen LogP contribution < -0.4 is 5.32 Å². The molecule has 1 N–H and O–H groups in total. The molecule has 1 fully saturated rings. The lowest BCUT2D eigenvalue weighted by Crippen LogP contribution is -1.93. The Hall–Kier alpha value is -1.84. The number of hydrogen-bond acceptors (Lipinski definition) is 4. The summed E-state index contributed by atoms with van der Waals surface area (Å²) in [5.74, 6) is 1.37. The predicted octanol–water partition coefficient (Wildman–Crippen LogP) is 2.66. The summed E-state index contributed by atoms with van der Waals surface area (Å²) in [6.45, 7) is 0. The van der Waals surface area contributed by atoms with Gasteiger partial charge in [-0.05, 0) is 25.0 Å². The summed E-state index contributed by atoms with van der Waals surface area (Å²) in [4.78, 5) is 4.09. The number of pyridine rings is 1. The van der Waals surface area contributed by atoms with Crippen molar-refractivity contribution in [2.24, 2.45) is 0 Å². The van der Waals surface area contributed by atoms with E-state index in [-0.39, 0.29) is 0 Å². The summed E-state index contributed by atoms with van der Waals surface area (Å²) < 4.78 is 5.42. The van der Waals surface area contributed by atoms with Gasteiger partial charge in [-0.2, -0.15) is 0 Å². The second kappa shape index (κ2) is 3.63.